The van der Waals surface area contributed by atoms with Gasteiger partial charge in [0, 0.05) is 12.1 Å². The summed E-state index contributed by atoms with van der Waals surface area (Å²) in [5, 5.41) is 2.99. The maximum atomic E-state index is 13.6. The highest BCUT2D eigenvalue weighted by Crippen LogP contribution is 2.16. The third kappa shape index (κ3) is 4.40. The summed E-state index contributed by atoms with van der Waals surface area (Å²) < 4.78 is 15.4. The third-order valence-electron chi connectivity index (χ3n) is 4.10. The zero-order valence-corrected chi connectivity index (χ0v) is 15.9. The lowest BCUT2D eigenvalue weighted by Gasteiger charge is -2.13. The predicted octanol–water partition coefficient (Wildman–Crippen LogP) is 3.06. The summed E-state index contributed by atoms with van der Waals surface area (Å²) in [5.41, 5.74) is 7.98. The SMILES string of the molecule is CCc1nc2ccccc2n1CC(=O)NNC(=S)Nc1ccc(C)c(F)c1. The molecule has 3 aromatic rings. The number of fused-ring (bicyclic) bond motifs is 1. The molecule has 0 atom stereocenters. The van der Waals surface area contributed by atoms with Crippen molar-refractivity contribution in [1.82, 2.24) is 20.4 Å². The van der Waals surface area contributed by atoms with Gasteiger partial charge >= 0.3 is 0 Å². The van der Waals surface area contributed by atoms with Gasteiger partial charge in [-0.25, -0.2) is 9.37 Å². The Labute approximate surface area is 161 Å². The van der Waals surface area contributed by atoms with Crippen LogP contribution in [0.5, 0.6) is 0 Å². The Balaban J connectivity index is 1.60. The standard InChI is InChI=1S/C19H20FN5OS/c1-3-17-22-15-6-4-5-7-16(15)25(17)11-18(26)23-24-19(27)21-13-9-8-12(2)14(20)10-13/h4-10H,3,11H2,1-2H3,(H,23,26)(H2,21,24,27). The first-order chi connectivity index (χ1) is 13.0. The predicted molar refractivity (Wildman–Crippen MR) is 108 cm³/mol. The number of benzene rings is 2. The van der Waals surface area contributed by atoms with Gasteiger partial charge in [0.1, 0.15) is 18.2 Å². The number of hydrogen-bond donors (Lipinski definition) is 3. The molecule has 0 bridgehead atoms. The fraction of sp³-hybridized carbons (Fsp3) is 0.211. The highest BCUT2D eigenvalue weighted by molar-refractivity contribution is 7.80. The molecule has 0 saturated heterocycles. The van der Waals surface area contributed by atoms with Crippen molar-refractivity contribution in [1.29, 1.82) is 0 Å². The Bertz CT molecular complexity index is 1000. The molecule has 6 nitrogen and oxygen atoms in total. The number of hydrogen-bond acceptors (Lipinski definition) is 3. The van der Waals surface area contributed by atoms with Gasteiger partial charge in [0.05, 0.1) is 11.0 Å². The van der Waals surface area contributed by atoms with Crippen molar-refractivity contribution in [2.45, 2.75) is 26.8 Å². The summed E-state index contributed by atoms with van der Waals surface area (Å²) in [6.07, 6.45) is 0.717. The molecule has 0 aliphatic rings. The molecule has 0 saturated carbocycles. The lowest BCUT2D eigenvalue weighted by Crippen LogP contribution is -2.45. The third-order valence-corrected chi connectivity index (χ3v) is 4.30. The van der Waals surface area contributed by atoms with E-state index in [1.54, 1.807) is 19.1 Å². The number of thiocarbonyl (C=S) groups is 1. The molecule has 0 aliphatic heterocycles. The van der Waals surface area contributed by atoms with E-state index in [0.29, 0.717) is 17.7 Å². The Morgan fingerprint density at radius 2 is 2.00 bits per heavy atom. The number of aromatic nitrogens is 2. The lowest BCUT2D eigenvalue weighted by molar-refractivity contribution is -0.122. The summed E-state index contributed by atoms with van der Waals surface area (Å²) >= 11 is 5.13. The topological polar surface area (TPSA) is 71.0 Å². The molecule has 3 rings (SSSR count). The number of nitrogens with one attached hydrogen (secondary N) is 3. The largest absolute Gasteiger partial charge is 0.331 e. The van der Waals surface area contributed by atoms with Crippen molar-refractivity contribution < 1.29 is 9.18 Å². The van der Waals surface area contributed by atoms with Crippen LogP contribution in [0.25, 0.3) is 11.0 Å². The number of rotatable bonds is 4. The minimum atomic E-state index is -0.328. The van der Waals surface area contributed by atoms with Gasteiger partial charge in [0.25, 0.3) is 5.91 Å². The Hall–Kier alpha value is -3.00. The minimum absolute atomic E-state index is 0.110. The van der Waals surface area contributed by atoms with Crippen LogP contribution >= 0.6 is 12.2 Å². The van der Waals surface area contributed by atoms with Crippen LogP contribution in [-0.2, 0) is 17.8 Å². The van der Waals surface area contributed by atoms with E-state index < -0.39 is 0 Å². The van der Waals surface area contributed by atoms with Crippen LogP contribution in [0.4, 0.5) is 10.1 Å². The number of anilines is 1. The maximum absolute atomic E-state index is 13.6. The molecule has 1 amide bonds. The van der Waals surface area contributed by atoms with Gasteiger partial charge in [-0.1, -0.05) is 25.1 Å². The van der Waals surface area contributed by atoms with Gasteiger partial charge in [-0.15, -0.1) is 0 Å². The van der Waals surface area contributed by atoms with Gasteiger partial charge < -0.3 is 9.88 Å². The van der Waals surface area contributed by atoms with Crippen LogP contribution in [0.2, 0.25) is 0 Å². The van der Waals surface area contributed by atoms with E-state index >= 15 is 0 Å². The van der Waals surface area contributed by atoms with Crippen LogP contribution < -0.4 is 16.2 Å². The van der Waals surface area contributed by atoms with E-state index in [1.807, 2.05) is 35.8 Å². The van der Waals surface area contributed by atoms with E-state index in [9.17, 15) is 9.18 Å². The lowest BCUT2D eigenvalue weighted by atomic mass is 10.2. The summed E-state index contributed by atoms with van der Waals surface area (Å²) in [4.78, 5) is 16.8. The average Bonchev–Trinajstić information content (AvgIpc) is 3.01. The van der Waals surface area contributed by atoms with E-state index in [0.717, 1.165) is 16.9 Å². The summed E-state index contributed by atoms with van der Waals surface area (Å²) in [7, 11) is 0. The monoisotopic (exact) mass is 385 g/mol. The fourth-order valence-electron chi connectivity index (χ4n) is 2.71. The average molecular weight is 385 g/mol. The number of amides is 1. The Morgan fingerprint density at radius 3 is 2.74 bits per heavy atom. The van der Waals surface area contributed by atoms with Crippen molar-refractivity contribution in [2.75, 3.05) is 5.32 Å². The first kappa shape index (κ1) is 18.8. The molecule has 1 heterocycles. The fourth-order valence-corrected chi connectivity index (χ4v) is 2.88. The molecule has 140 valence electrons. The molecule has 3 N–H and O–H groups in total. The maximum Gasteiger partial charge on any atom is 0.258 e. The molecule has 0 unspecified atom stereocenters. The molecule has 1 aromatic heterocycles. The Morgan fingerprint density at radius 1 is 1.22 bits per heavy atom. The highest BCUT2D eigenvalue weighted by atomic mass is 32.1. The second-order valence-corrected chi connectivity index (χ2v) is 6.46. The molecular formula is C19H20FN5OS. The molecule has 8 heteroatoms. The number of imidazole rings is 1. The van der Waals surface area contributed by atoms with Crippen LogP contribution in [0.3, 0.4) is 0 Å². The molecule has 0 radical (unpaired) electrons. The quantitative estimate of drug-likeness (QED) is 0.476. The first-order valence-electron chi connectivity index (χ1n) is 8.54. The molecule has 0 aliphatic carbocycles. The normalized spacial score (nSPS) is 10.6. The number of carbonyl (C=O) groups excluding carboxylic acids is 1. The zero-order valence-electron chi connectivity index (χ0n) is 15.0. The van der Waals surface area contributed by atoms with E-state index in [4.69, 9.17) is 12.2 Å². The minimum Gasteiger partial charge on any atom is -0.331 e. The summed E-state index contributed by atoms with van der Waals surface area (Å²) in [5.74, 6) is 0.236. The van der Waals surface area contributed by atoms with Gasteiger partial charge in [-0.3, -0.25) is 15.6 Å². The second-order valence-electron chi connectivity index (χ2n) is 6.05. The second kappa shape index (κ2) is 8.13. The molecular weight excluding hydrogens is 365 g/mol. The number of carbonyl (C=O) groups is 1. The van der Waals surface area contributed by atoms with E-state index in [2.05, 4.69) is 21.2 Å². The van der Waals surface area contributed by atoms with Crippen LogP contribution in [0, 0.1) is 12.7 Å². The smallest absolute Gasteiger partial charge is 0.258 e. The van der Waals surface area contributed by atoms with Crippen molar-refractivity contribution in [2.24, 2.45) is 0 Å². The molecule has 0 spiro atoms. The van der Waals surface area contributed by atoms with Crippen LogP contribution in [0.15, 0.2) is 42.5 Å². The van der Waals surface area contributed by atoms with Gasteiger partial charge in [-0.2, -0.15) is 0 Å². The van der Waals surface area contributed by atoms with Crippen molar-refractivity contribution in [3.05, 3.63) is 59.7 Å². The van der Waals surface area contributed by atoms with Gasteiger partial charge in [0.15, 0.2) is 5.11 Å². The Kier molecular flexibility index (Phi) is 5.66. The number of nitrogens with zero attached hydrogens (tertiary/aromatic N) is 2. The van der Waals surface area contributed by atoms with E-state index in [1.165, 1.54) is 6.07 Å². The summed E-state index contributed by atoms with van der Waals surface area (Å²) in [6, 6.07) is 12.4. The van der Waals surface area contributed by atoms with Crippen molar-refractivity contribution in [3.8, 4) is 0 Å². The zero-order chi connectivity index (χ0) is 19.4. The van der Waals surface area contributed by atoms with Crippen LogP contribution in [0.1, 0.15) is 18.3 Å². The van der Waals surface area contributed by atoms with E-state index in [-0.39, 0.29) is 23.4 Å². The molecule has 2 aromatic carbocycles. The van der Waals surface area contributed by atoms with Gasteiger partial charge in [-0.05, 0) is 49.0 Å². The number of halogens is 1. The summed E-state index contributed by atoms with van der Waals surface area (Å²) in [6.45, 7) is 3.78. The van der Waals surface area contributed by atoms with Crippen molar-refractivity contribution >= 4 is 40.0 Å². The number of aryl methyl sites for hydroxylation is 2. The number of hydrazine groups is 1. The number of para-hydroxylation sites is 2. The first-order valence-corrected chi connectivity index (χ1v) is 8.95. The van der Waals surface area contributed by atoms with Gasteiger partial charge in [0.2, 0.25) is 0 Å². The van der Waals surface area contributed by atoms with Crippen LogP contribution in [-0.4, -0.2) is 20.6 Å². The highest BCUT2D eigenvalue weighted by Gasteiger charge is 2.12. The molecule has 0 fully saturated rings. The van der Waals surface area contributed by atoms with Crippen molar-refractivity contribution in [3.63, 3.8) is 0 Å². The molecule has 27 heavy (non-hydrogen) atoms.